The lowest BCUT2D eigenvalue weighted by molar-refractivity contribution is -0.142. The number of rotatable bonds is 7. The van der Waals surface area contributed by atoms with E-state index in [-0.39, 0.29) is 6.54 Å². The summed E-state index contributed by atoms with van der Waals surface area (Å²) >= 11 is 5.80. The van der Waals surface area contributed by atoms with Gasteiger partial charge in [0.05, 0.1) is 19.6 Å². The fourth-order valence-corrected chi connectivity index (χ4v) is 1.94. The second-order valence-corrected chi connectivity index (χ2v) is 4.88. The summed E-state index contributed by atoms with van der Waals surface area (Å²) in [6.07, 6.45) is 0. The first-order chi connectivity index (χ1) is 9.77. The van der Waals surface area contributed by atoms with Crippen molar-refractivity contribution >= 4 is 35.1 Å². The summed E-state index contributed by atoms with van der Waals surface area (Å²) in [6, 6.07) is 4.90. The molecule has 0 fully saturated rings. The van der Waals surface area contributed by atoms with Crippen molar-refractivity contribution in [3.63, 3.8) is 0 Å². The average molecular weight is 315 g/mol. The third kappa shape index (κ3) is 6.24. The smallest absolute Gasteiger partial charge is 0.317 e. The quantitative estimate of drug-likeness (QED) is 0.694. The van der Waals surface area contributed by atoms with Crippen LogP contribution in [-0.2, 0) is 14.4 Å². The molecule has 0 heterocycles. The van der Waals surface area contributed by atoms with Crippen LogP contribution in [0.3, 0.4) is 0 Å². The second kappa shape index (κ2) is 7.61. The molecular formula is C13H15ClN2O5. The van der Waals surface area contributed by atoms with Crippen LogP contribution >= 0.6 is 11.6 Å². The molecule has 0 saturated carbocycles. The average Bonchev–Trinajstić information content (AvgIpc) is 2.30. The third-order valence-corrected chi connectivity index (χ3v) is 2.78. The summed E-state index contributed by atoms with van der Waals surface area (Å²) in [5, 5.41) is 20.5. The van der Waals surface area contributed by atoms with E-state index in [2.05, 4.69) is 5.32 Å². The van der Waals surface area contributed by atoms with E-state index in [1.54, 1.807) is 25.1 Å². The molecule has 1 aromatic carbocycles. The number of halogens is 1. The van der Waals surface area contributed by atoms with Crippen molar-refractivity contribution in [3.8, 4) is 0 Å². The largest absolute Gasteiger partial charge is 0.480 e. The molecule has 0 bridgehead atoms. The summed E-state index contributed by atoms with van der Waals surface area (Å²) in [5.41, 5.74) is 1.29. The Morgan fingerprint density at radius 1 is 1.14 bits per heavy atom. The predicted octanol–water partition coefficient (Wildman–Crippen LogP) is 1.06. The molecular weight excluding hydrogens is 300 g/mol. The number of aliphatic carboxylic acids is 2. The monoisotopic (exact) mass is 314 g/mol. The van der Waals surface area contributed by atoms with E-state index in [0.717, 1.165) is 10.5 Å². The summed E-state index contributed by atoms with van der Waals surface area (Å²) in [7, 11) is 0. The van der Waals surface area contributed by atoms with Crippen LogP contribution in [0, 0.1) is 6.92 Å². The Labute approximate surface area is 126 Å². The Morgan fingerprint density at radius 2 is 1.71 bits per heavy atom. The number of anilines is 1. The molecule has 0 radical (unpaired) electrons. The van der Waals surface area contributed by atoms with Crippen LogP contribution in [0.5, 0.6) is 0 Å². The van der Waals surface area contributed by atoms with Gasteiger partial charge in [-0.1, -0.05) is 11.6 Å². The molecule has 0 atom stereocenters. The van der Waals surface area contributed by atoms with Crippen molar-refractivity contribution in [2.45, 2.75) is 6.92 Å². The molecule has 0 aliphatic heterocycles. The molecule has 0 saturated heterocycles. The molecule has 0 aromatic heterocycles. The molecule has 3 N–H and O–H groups in total. The fourth-order valence-electron chi connectivity index (χ4n) is 1.71. The number of carbonyl (C=O) groups excluding carboxylic acids is 1. The molecule has 21 heavy (non-hydrogen) atoms. The Balaban J connectivity index is 2.68. The van der Waals surface area contributed by atoms with Gasteiger partial charge in [-0.3, -0.25) is 19.3 Å². The van der Waals surface area contributed by atoms with Crippen molar-refractivity contribution in [2.75, 3.05) is 25.0 Å². The molecule has 1 amide bonds. The minimum atomic E-state index is -1.20. The first-order valence-electron chi connectivity index (χ1n) is 6.00. The summed E-state index contributed by atoms with van der Waals surface area (Å²) in [5.74, 6) is -2.90. The number of nitrogens with zero attached hydrogens (tertiary/aromatic N) is 1. The Hall–Kier alpha value is -2.12. The summed E-state index contributed by atoms with van der Waals surface area (Å²) in [4.78, 5) is 34.2. The number of carboxylic acid groups (broad SMARTS) is 2. The van der Waals surface area contributed by atoms with Crippen molar-refractivity contribution in [2.24, 2.45) is 0 Å². The zero-order chi connectivity index (χ0) is 16.0. The first kappa shape index (κ1) is 16.9. The number of hydrogen-bond donors (Lipinski definition) is 3. The van der Waals surface area contributed by atoms with Crippen LogP contribution in [0.2, 0.25) is 5.02 Å². The van der Waals surface area contributed by atoms with Crippen molar-refractivity contribution in [1.29, 1.82) is 0 Å². The van der Waals surface area contributed by atoms with E-state index in [1.165, 1.54) is 0 Å². The normalized spacial score (nSPS) is 10.4. The highest BCUT2D eigenvalue weighted by atomic mass is 35.5. The number of carboxylic acids is 2. The van der Waals surface area contributed by atoms with Gasteiger partial charge in [-0.2, -0.15) is 0 Å². The van der Waals surface area contributed by atoms with E-state index in [9.17, 15) is 14.4 Å². The van der Waals surface area contributed by atoms with Gasteiger partial charge in [0.15, 0.2) is 0 Å². The van der Waals surface area contributed by atoms with Crippen LogP contribution in [0.4, 0.5) is 5.69 Å². The maximum absolute atomic E-state index is 11.9. The SMILES string of the molecule is Cc1cc(Cl)ccc1NC(=O)CN(CC(=O)O)CC(=O)O. The number of amides is 1. The molecule has 7 nitrogen and oxygen atoms in total. The Bertz CT molecular complexity index is 545. The van der Waals surface area contributed by atoms with Gasteiger partial charge < -0.3 is 15.5 Å². The highest BCUT2D eigenvalue weighted by molar-refractivity contribution is 6.30. The van der Waals surface area contributed by atoms with Crippen molar-refractivity contribution < 1.29 is 24.6 Å². The summed E-state index contributed by atoms with van der Waals surface area (Å²) < 4.78 is 0. The standard InChI is InChI=1S/C13H15ClN2O5/c1-8-4-9(14)2-3-10(8)15-11(17)5-16(6-12(18)19)7-13(20)21/h2-4H,5-7H2,1H3,(H,15,17)(H,18,19)(H,20,21). The molecule has 8 heteroatoms. The predicted molar refractivity (Wildman–Crippen MR) is 76.5 cm³/mol. The number of aryl methyl sites for hydroxylation is 1. The topological polar surface area (TPSA) is 107 Å². The van der Waals surface area contributed by atoms with Gasteiger partial charge in [-0.25, -0.2) is 0 Å². The molecule has 0 aliphatic carbocycles. The zero-order valence-electron chi connectivity index (χ0n) is 11.3. The molecule has 1 aromatic rings. The Kier molecular flexibility index (Phi) is 6.13. The van der Waals surface area contributed by atoms with Crippen molar-refractivity contribution in [3.05, 3.63) is 28.8 Å². The van der Waals surface area contributed by atoms with E-state index >= 15 is 0 Å². The van der Waals surface area contributed by atoms with Crippen molar-refractivity contribution in [1.82, 2.24) is 4.90 Å². The van der Waals surface area contributed by atoms with Gasteiger partial charge in [-0.05, 0) is 30.7 Å². The molecule has 0 aliphatic rings. The van der Waals surface area contributed by atoms with Gasteiger partial charge in [-0.15, -0.1) is 0 Å². The maximum atomic E-state index is 11.9. The maximum Gasteiger partial charge on any atom is 0.317 e. The van der Waals surface area contributed by atoms with E-state index in [4.69, 9.17) is 21.8 Å². The lowest BCUT2D eigenvalue weighted by Crippen LogP contribution is -2.40. The van der Waals surface area contributed by atoms with E-state index < -0.39 is 30.9 Å². The number of benzene rings is 1. The summed E-state index contributed by atoms with van der Waals surface area (Å²) in [6.45, 7) is 0.368. The van der Waals surface area contributed by atoms with Crippen LogP contribution in [0.25, 0.3) is 0 Å². The van der Waals surface area contributed by atoms with Gasteiger partial charge in [0, 0.05) is 10.7 Å². The molecule has 0 spiro atoms. The van der Waals surface area contributed by atoms with Gasteiger partial charge in [0.1, 0.15) is 0 Å². The number of carbonyl (C=O) groups is 3. The van der Waals surface area contributed by atoms with E-state index in [1.807, 2.05) is 0 Å². The third-order valence-electron chi connectivity index (χ3n) is 2.55. The van der Waals surface area contributed by atoms with Crippen LogP contribution in [0.1, 0.15) is 5.56 Å². The lowest BCUT2D eigenvalue weighted by atomic mass is 10.2. The molecule has 1 rings (SSSR count). The van der Waals surface area contributed by atoms with Gasteiger partial charge in [0.2, 0.25) is 5.91 Å². The molecule has 114 valence electrons. The van der Waals surface area contributed by atoms with E-state index in [0.29, 0.717) is 10.7 Å². The van der Waals surface area contributed by atoms with Crippen LogP contribution in [-0.4, -0.2) is 52.6 Å². The number of nitrogens with one attached hydrogen (secondary N) is 1. The highest BCUT2D eigenvalue weighted by Gasteiger charge is 2.17. The van der Waals surface area contributed by atoms with Crippen LogP contribution in [0.15, 0.2) is 18.2 Å². The minimum Gasteiger partial charge on any atom is -0.480 e. The Morgan fingerprint density at radius 3 is 2.19 bits per heavy atom. The zero-order valence-corrected chi connectivity index (χ0v) is 12.1. The highest BCUT2D eigenvalue weighted by Crippen LogP contribution is 2.19. The minimum absolute atomic E-state index is 0.333. The fraction of sp³-hybridized carbons (Fsp3) is 0.308. The van der Waals surface area contributed by atoms with Gasteiger partial charge in [0.25, 0.3) is 0 Å². The lowest BCUT2D eigenvalue weighted by Gasteiger charge is -2.17. The van der Waals surface area contributed by atoms with Gasteiger partial charge >= 0.3 is 11.9 Å². The molecule has 0 unspecified atom stereocenters. The first-order valence-corrected chi connectivity index (χ1v) is 6.37. The number of hydrogen-bond acceptors (Lipinski definition) is 4. The van der Waals surface area contributed by atoms with Crippen LogP contribution < -0.4 is 5.32 Å². The second-order valence-electron chi connectivity index (χ2n) is 4.44.